The number of halogens is 1. The first-order valence-corrected chi connectivity index (χ1v) is 4.79. The fourth-order valence-corrected chi connectivity index (χ4v) is 1.84. The summed E-state index contributed by atoms with van der Waals surface area (Å²) in [4.78, 5) is 7.48. The van der Waals surface area contributed by atoms with E-state index in [2.05, 4.69) is 22.1 Å². The molecule has 0 bridgehead atoms. The van der Waals surface area contributed by atoms with Gasteiger partial charge < -0.3 is 9.72 Å². The van der Waals surface area contributed by atoms with Gasteiger partial charge in [0, 0.05) is 22.4 Å². The van der Waals surface area contributed by atoms with Crippen LogP contribution in [0.1, 0.15) is 0 Å². The molecule has 0 spiro atoms. The zero-order chi connectivity index (χ0) is 10.3. The number of para-hydroxylation sites is 1. The number of hydrogen-bond acceptors (Lipinski definition) is 2. The number of fused-ring (bicyclic) bond motifs is 3. The first-order chi connectivity index (χ1) is 7.38. The SMILES string of the molecule is COc1cc2c(cn1)[nH]c1ccccc12.Cl. The molecule has 2 aromatic heterocycles. The molecule has 0 fully saturated rings. The normalized spacial score (nSPS) is 10.3. The van der Waals surface area contributed by atoms with Crippen LogP contribution in [0.15, 0.2) is 36.5 Å². The molecule has 3 rings (SSSR count). The number of ether oxygens (including phenoxy) is 1. The van der Waals surface area contributed by atoms with Crippen molar-refractivity contribution in [3.8, 4) is 5.88 Å². The van der Waals surface area contributed by atoms with Gasteiger partial charge in [0.1, 0.15) is 0 Å². The van der Waals surface area contributed by atoms with Crippen LogP contribution in [0.3, 0.4) is 0 Å². The van der Waals surface area contributed by atoms with E-state index in [1.54, 1.807) is 13.3 Å². The van der Waals surface area contributed by atoms with Gasteiger partial charge in [-0.2, -0.15) is 0 Å². The number of nitrogens with zero attached hydrogens (tertiary/aromatic N) is 1. The lowest BCUT2D eigenvalue weighted by molar-refractivity contribution is 0.399. The molecule has 0 aliphatic heterocycles. The number of hydrogen-bond donors (Lipinski definition) is 1. The standard InChI is InChI=1S/C12H10N2O.ClH/c1-15-12-6-9-8-4-2-3-5-10(8)14-11(9)7-13-12;/h2-7,14H,1H3;1H. The Bertz CT molecular complexity index is 633. The second-order valence-electron chi connectivity index (χ2n) is 3.44. The summed E-state index contributed by atoms with van der Waals surface area (Å²) in [5.41, 5.74) is 2.17. The van der Waals surface area contributed by atoms with E-state index in [0.717, 1.165) is 16.4 Å². The summed E-state index contributed by atoms with van der Waals surface area (Å²) in [7, 11) is 1.63. The molecule has 0 saturated heterocycles. The zero-order valence-electron chi connectivity index (χ0n) is 8.73. The van der Waals surface area contributed by atoms with E-state index >= 15 is 0 Å². The largest absolute Gasteiger partial charge is 0.481 e. The van der Waals surface area contributed by atoms with Gasteiger partial charge in [-0.25, -0.2) is 4.98 Å². The lowest BCUT2D eigenvalue weighted by Gasteiger charge is -1.97. The second-order valence-corrected chi connectivity index (χ2v) is 3.44. The third-order valence-corrected chi connectivity index (χ3v) is 2.57. The Balaban J connectivity index is 0.000000963. The molecule has 4 heteroatoms. The van der Waals surface area contributed by atoms with Gasteiger partial charge in [-0.15, -0.1) is 12.4 Å². The Morgan fingerprint density at radius 2 is 1.94 bits per heavy atom. The van der Waals surface area contributed by atoms with Crippen LogP contribution in [0.2, 0.25) is 0 Å². The average Bonchev–Trinajstić information content (AvgIpc) is 2.66. The molecule has 3 aromatic rings. The molecule has 3 nitrogen and oxygen atoms in total. The maximum absolute atomic E-state index is 5.12. The summed E-state index contributed by atoms with van der Waals surface area (Å²) in [5.74, 6) is 0.646. The maximum Gasteiger partial charge on any atom is 0.213 e. The van der Waals surface area contributed by atoms with E-state index in [9.17, 15) is 0 Å². The lowest BCUT2D eigenvalue weighted by atomic mass is 10.2. The number of aromatic nitrogens is 2. The van der Waals surface area contributed by atoms with Gasteiger partial charge in [0.25, 0.3) is 0 Å². The van der Waals surface area contributed by atoms with Crippen molar-refractivity contribution in [2.45, 2.75) is 0 Å². The Hall–Kier alpha value is -1.74. The minimum atomic E-state index is 0. The highest BCUT2D eigenvalue weighted by Crippen LogP contribution is 2.26. The highest BCUT2D eigenvalue weighted by molar-refractivity contribution is 6.07. The van der Waals surface area contributed by atoms with Gasteiger partial charge in [0.2, 0.25) is 5.88 Å². The van der Waals surface area contributed by atoms with Gasteiger partial charge in [0.05, 0.1) is 18.8 Å². The molecule has 2 heterocycles. The summed E-state index contributed by atoms with van der Waals surface area (Å²) in [6.07, 6.45) is 1.80. The van der Waals surface area contributed by atoms with Crippen LogP contribution in [-0.4, -0.2) is 17.1 Å². The Kier molecular flexibility index (Phi) is 2.71. The highest BCUT2D eigenvalue weighted by Gasteiger charge is 2.04. The van der Waals surface area contributed by atoms with Crippen molar-refractivity contribution in [1.29, 1.82) is 0 Å². The predicted molar refractivity (Wildman–Crippen MR) is 67.4 cm³/mol. The number of rotatable bonds is 1. The second kappa shape index (κ2) is 4.02. The van der Waals surface area contributed by atoms with Crippen molar-refractivity contribution in [2.75, 3.05) is 7.11 Å². The summed E-state index contributed by atoms with van der Waals surface area (Å²) in [6.45, 7) is 0. The Morgan fingerprint density at radius 3 is 2.75 bits per heavy atom. The van der Waals surface area contributed by atoms with Crippen LogP contribution in [0.25, 0.3) is 21.8 Å². The molecule has 16 heavy (non-hydrogen) atoms. The Morgan fingerprint density at radius 1 is 1.12 bits per heavy atom. The number of methoxy groups -OCH3 is 1. The van der Waals surface area contributed by atoms with Crippen LogP contribution in [0.5, 0.6) is 5.88 Å². The number of benzene rings is 1. The first kappa shape index (κ1) is 10.8. The quantitative estimate of drug-likeness (QED) is 0.703. The molecular formula is C12H11ClN2O. The van der Waals surface area contributed by atoms with Crippen molar-refractivity contribution in [1.82, 2.24) is 9.97 Å². The molecule has 0 unspecified atom stereocenters. The van der Waals surface area contributed by atoms with Crippen molar-refractivity contribution < 1.29 is 4.74 Å². The smallest absolute Gasteiger partial charge is 0.213 e. The third-order valence-electron chi connectivity index (χ3n) is 2.57. The molecule has 0 saturated carbocycles. The zero-order valence-corrected chi connectivity index (χ0v) is 9.54. The van der Waals surface area contributed by atoms with Crippen LogP contribution >= 0.6 is 12.4 Å². The van der Waals surface area contributed by atoms with E-state index < -0.39 is 0 Å². The van der Waals surface area contributed by atoms with Crippen LogP contribution in [0, 0.1) is 0 Å². The molecule has 82 valence electrons. The lowest BCUT2D eigenvalue weighted by Crippen LogP contribution is -1.85. The first-order valence-electron chi connectivity index (χ1n) is 4.79. The molecule has 1 aromatic carbocycles. The molecule has 0 radical (unpaired) electrons. The molecular weight excluding hydrogens is 224 g/mol. The van der Waals surface area contributed by atoms with Crippen LogP contribution < -0.4 is 4.74 Å². The van der Waals surface area contributed by atoms with Gasteiger partial charge in [0.15, 0.2) is 0 Å². The fraction of sp³-hybridized carbons (Fsp3) is 0.0833. The Labute approximate surface area is 98.9 Å². The van der Waals surface area contributed by atoms with E-state index in [0.29, 0.717) is 5.88 Å². The van der Waals surface area contributed by atoms with Crippen LogP contribution in [0.4, 0.5) is 0 Å². The van der Waals surface area contributed by atoms with Gasteiger partial charge in [-0.3, -0.25) is 0 Å². The van der Waals surface area contributed by atoms with Crippen molar-refractivity contribution in [3.63, 3.8) is 0 Å². The molecule has 1 N–H and O–H groups in total. The monoisotopic (exact) mass is 234 g/mol. The van der Waals surface area contributed by atoms with Crippen molar-refractivity contribution in [2.24, 2.45) is 0 Å². The van der Waals surface area contributed by atoms with E-state index in [1.165, 1.54) is 5.39 Å². The number of aromatic amines is 1. The summed E-state index contributed by atoms with van der Waals surface area (Å²) >= 11 is 0. The minimum absolute atomic E-state index is 0. The van der Waals surface area contributed by atoms with Crippen LogP contribution in [-0.2, 0) is 0 Å². The molecule has 0 aliphatic carbocycles. The van der Waals surface area contributed by atoms with Gasteiger partial charge in [-0.05, 0) is 6.07 Å². The maximum atomic E-state index is 5.12. The third kappa shape index (κ3) is 1.49. The molecule has 0 aliphatic rings. The minimum Gasteiger partial charge on any atom is -0.481 e. The average molecular weight is 235 g/mol. The summed E-state index contributed by atoms with van der Waals surface area (Å²) in [6, 6.07) is 10.1. The summed E-state index contributed by atoms with van der Waals surface area (Å²) in [5, 5.41) is 2.35. The number of pyridine rings is 1. The van der Waals surface area contributed by atoms with E-state index in [1.807, 2.05) is 18.2 Å². The highest BCUT2D eigenvalue weighted by atomic mass is 35.5. The van der Waals surface area contributed by atoms with Crippen molar-refractivity contribution in [3.05, 3.63) is 36.5 Å². The summed E-state index contributed by atoms with van der Waals surface area (Å²) < 4.78 is 5.12. The predicted octanol–water partition coefficient (Wildman–Crippen LogP) is 3.15. The fourth-order valence-electron chi connectivity index (χ4n) is 1.84. The van der Waals surface area contributed by atoms with E-state index in [-0.39, 0.29) is 12.4 Å². The topological polar surface area (TPSA) is 37.9 Å². The number of H-pyrrole nitrogens is 1. The van der Waals surface area contributed by atoms with Gasteiger partial charge in [-0.1, -0.05) is 18.2 Å². The number of nitrogens with one attached hydrogen (secondary N) is 1. The van der Waals surface area contributed by atoms with Gasteiger partial charge >= 0.3 is 0 Å². The molecule has 0 atom stereocenters. The van der Waals surface area contributed by atoms with E-state index in [4.69, 9.17) is 4.74 Å². The molecule has 0 amide bonds. The van der Waals surface area contributed by atoms with Crippen molar-refractivity contribution >= 4 is 34.2 Å².